The minimum Gasteiger partial charge on any atom is -0.342 e. The number of carbonyl (C=O) groups is 1. The molecule has 1 aliphatic heterocycles. The first kappa shape index (κ1) is 21.8. The molecule has 1 saturated heterocycles. The summed E-state index contributed by atoms with van der Waals surface area (Å²) in [7, 11) is 0. The minimum absolute atomic E-state index is 0.220. The van der Waals surface area contributed by atoms with Gasteiger partial charge in [0, 0.05) is 29.2 Å². The van der Waals surface area contributed by atoms with Crippen LogP contribution in [0.3, 0.4) is 0 Å². The molecule has 8 heteroatoms. The van der Waals surface area contributed by atoms with E-state index in [1.54, 1.807) is 18.2 Å². The molecule has 1 fully saturated rings. The summed E-state index contributed by atoms with van der Waals surface area (Å²) < 4.78 is 15.2. The molecule has 33 heavy (non-hydrogen) atoms. The number of carbonyl (C=O) groups excluding carboxylic acids is 1. The van der Waals surface area contributed by atoms with Crippen LogP contribution in [0.5, 0.6) is 0 Å². The average molecular weight is 496 g/mol. The molecule has 1 amide bonds. The Bertz CT molecular complexity index is 1440. The van der Waals surface area contributed by atoms with Crippen LogP contribution in [0.2, 0.25) is 10.0 Å². The van der Waals surface area contributed by atoms with Gasteiger partial charge in [-0.3, -0.25) is 4.79 Å². The SMILES string of the molecule is O=C1NC(=Nc2ccc(F)cc2)S/C1=C\c1cn(Cc2ccc(Cl)c(Cl)c2)c2ccccc12. The maximum absolute atomic E-state index is 13.1. The van der Waals surface area contributed by atoms with Crippen molar-refractivity contribution in [3.63, 3.8) is 0 Å². The van der Waals surface area contributed by atoms with Crippen molar-refractivity contribution < 1.29 is 9.18 Å². The van der Waals surface area contributed by atoms with E-state index in [-0.39, 0.29) is 11.7 Å². The normalized spacial score (nSPS) is 16.2. The maximum atomic E-state index is 13.1. The lowest BCUT2D eigenvalue weighted by Crippen LogP contribution is -2.19. The molecule has 0 bridgehead atoms. The molecule has 0 saturated carbocycles. The molecule has 1 aliphatic rings. The molecule has 0 atom stereocenters. The van der Waals surface area contributed by atoms with Gasteiger partial charge < -0.3 is 9.88 Å². The molecule has 3 aromatic carbocycles. The Kier molecular flexibility index (Phi) is 5.98. The molecule has 0 unspecified atom stereocenters. The number of hydrogen-bond acceptors (Lipinski definition) is 3. The molecular weight excluding hydrogens is 480 g/mol. The van der Waals surface area contributed by atoms with Gasteiger partial charge in [-0.1, -0.05) is 47.5 Å². The van der Waals surface area contributed by atoms with Gasteiger partial charge in [0.25, 0.3) is 5.91 Å². The van der Waals surface area contributed by atoms with E-state index in [1.165, 1.54) is 23.9 Å². The third kappa shape index (κ3) is 4.69. The van der Waals surface area contributed by atoms with Crippen molar-refractivity contribution in [1.82, 2.24) is 9.88 Å². The maximum Gasteiger partial charge on any atom is 0.264 e. The lowest BCUT2D eigenvalue weighted by molar-refractivity contribution is -0.115. The number of aliphatic imine (C=N–C) groups is 1. The van der Waals surface area contributed by atoms with E-state index < -0.39 is 0 Å². The quantitative estimate of drug-likeness (QED) is 0.309. The zero-order valence-corrected chi connectivity index (χ0v) is 19.4. The van der Waals surface area contributed by atoms with E-state index >= 15 is 0 Å². The summed E-state index contributed by atoms with van der Waals surface area (Å²) in [5.74, 6) is -0.554. The van der Waals surface area contributed by atoms with Crippen molar-refractivity contribution in [2.24, 2.45) is 4.99 Å². The highest BCUT2D eigenvalue weighted by molar-refractivity contribution is 8.18. The van der Waals surface area contributed by atoms with Gasteiger partial charge in [0.1, 0.15) is 5.82 Å². The van der Waals surface area contributed by atoms with Gasteiger partial charge in [0.05, 0.1) is 20.6 Å². The monoisotopic (exact) mass is 495 g/mol. The van der Waals surface area contributed by atoms with Crippen molar-refractivity contribution in [3.8, 4) is 0 Å². The van der Waals surface area contributed by atoms with Gasteiger partial charge >= 0.3 is 0 Å². The first-order chi connectivity index (χ1) is 16.0. The van der Waals surface area contributed by atoms with E-state index in [1.807, 2.05) is 48.7 Å². The molecular formula is C25H16Cl2FN3OS. The molecule has 4 aromatic rings. The minimum atomic E-state index is -0.333. The first-order valence-electron chi connectivity index (χ1n) is 10.0. The van der Waals surface area contributed by atoms with Crippen LogP contribution in [0.4, 0.5) is 10.1 Å². The van der Waals surface area contributed by atoms with Crippen LogP contribution in [0.1, 0.15) is 11.1 Å². The van der Waals surface area contributed by atoms with Crippen LogP contribution in [-0.2, 0) is 11.3 Å². The third-order valence-corrected chi connectivity index (χ3v) is 6.80. The predicted molar refractivity (Wildman–Crippen MR) is 135 cm³/mol. The lowest BCUT2D eigenvalue weighted by Gasteiger charge is -2.06. The Labute approximate surface area is 203 Å². The molecule has 0 aliphatic carbocycles. The van der Waals surface area contributed by atoms with Crippen LogP contribution in [-0.4, -0.2) is 15.6 Å². The van der Waals surface area contributed by atoms with E-state index in [4.69, 9.17) is 23.2 Å². The smallest absolute Gasteiger partial charge is 0.264 e. The zero-order chi connectivity index (χ0) is 22.9. The lowest BCUT2D eigenvalue weighted by atomic mass is 10.1. The van der Waals surface area contributed by atoms with Crippen LogP contribution in [0.15, 0.2) is 82.8 Å². The second-order valence-corrected chi connectivity index (χ2v) is 9.28. The number of amides is 1. The van der Waals surface area contributed by atoms with E-state index in [0.29, 0.717) is 32.4 Å². The van der Waals surface area contributed by atoms with Gasteiger partial charge in [-0.2, -0.15) is 0 Å². The number of aromatic nitrogens is 1. The fourth-order valence-electron chi connectivity index (χ4n) is 3.61. The topological polar surface area (TPSA) is 46.4 Å². The second kappa shape index (κ2) is 9.06. The summed E-state index contributed by atoms with van der Waals surface area (Å²) in [6.45, 7) is 0.608. The highest BCUT2D eigenvalue weighted by Crippen LogP contribution is 2.32. The van der Waals surface area contributed by atoms with Crippen LogP contribution < -0.4 is 5.32 Å². The number of rotatable bonds is 4. The van der Waals surface area contributed by atoms with Gasteiger partial charge in [-0.05, 0) is 65.9 Å². The number of hydrogen-bond donors (Lipinski definition) is 1. The first-order valence-corrected chi connectivity index (χ1v) is 11.6. The van der Waals surface area contributed by atoms with Crippen molar-refractivity contribution >= 4 is 68.7 Å². The van der Waals surface area contributed by atoms with Crippen LogP contribution in [0.25, 0.3) is 17.0 Å². The molecule has 0 spiro atoms. The zero-order valence-electron chi connectivity index (χ0n) is 17.1. The third-order valence-electron chi connectivity index (χ3n) is 5.15. The number of para-hydroxylation sites is 1. The Morgan fingerprint density at radius 3 is 2.61 bits per heavy atom. The Morgan fingerprint density at radius 1 is 1.03 bits per heavy atom. The Balaban J connectivity index is 1.46. The Hall–Kier alpha value is -3.06. The average Bonchev–Trinajstić information content (AvgIpc) is 3.32. The van der Waals surface area contributed by atoms with Gasteiger partial charge in [-0.15, -0.1) is 0 Å². The van der Waals surface area contributed by atoms with Crippen molar-refractivity contribution in [2.75, 3.05) is 0 Å². The summed E-state index contributed by atoms with van der Waals surface area (Å²) in [6.07, 6.45) is 3.88. The Morgan fingerprint density at radius 2 is 1.82 bits per heavy atom. The molecule has 1 N–H and O–H groups in total. The number of amidine groups is 1. The predicted octanol–water partition coefficient (Wildman–Crippen LogP) is 7.03. The number of halogens is 3. The van der Waals surface area contributed by atoms with Crippen molar-refractivity contribution in [3.05, 3.63) is 105 Å². The highest BCUT2D eigenvalue weighted by Gasteiger charge is 2.24. The van der Waals surface area contributed by atoms with E-state index in [2.05, 4.69) is 14.9 Å². The number of benzene rings is 3. The van der Waals surface area contributed by atoms with Crippen molar-refractivity contribution in [1.29, 1.82) is 0 Å². The van der Waals surface area contributed by atoms with E-state index in [0.717, 1.165) is 22.0 Å². The summed E-state index contributed by atoms with van der Waals surface area (Å²) in [6, 6.07) is 19.4. The largest absolute Gasteiger partial charge is 0.342 e. The summed E-state index contributed by atoms with van der Waals surface area (Å²) in [5, 5.41) is 5.29. The van der Waals surface area contributed by atoms with E-state index in [9.17, 15) is 9.18 Å². The number of nitrogens with zero attached hydrogens (tertiary/aromatic N) is 2. The van der Waals surface area contributed by atoms with Gasteiger partial charge in [0.2, 0.25) is 0 Å². The van der Waals surface area contributed by atoms with Gasteiger partial charge in [-0.25, -0.2) is 9.38 Å². The van der Waals surface area contributed by atoms with Crippen LogP contribution >= 0.6 is 35.0 Å². The number of thioether (sulfide) groups is 1. The van der Waals surface area contributed by atoms with Crippen molar-refractivity contribution in [2.45, 2.75) is 6.54 Å². The fraction of sp³-hybridized carbons (Fsp3) is 0.0400. The molecule has 1 aromatic heterocycles. The summed E-state index contributed by atoms with van der Waals surface area (Å²) in [4.78, 5) is 17.5. The summed E-state index contributed by atoms with van der Waals surface area (Å²) in [5.41, 5.74) is 3.55. The number of fused-ring (bicyclic) bond motifs is 1. The summed E-state index contributed by atoms with van der Waals surface area (Å²) >= 11 is 13.5. The van der Waals surface area contributed by atoms with Gasteiger partial charge in [0.15, 0.2) is 5.17 Å². The molecule has 164 valence electrons. The standard InChI is InChI=1S/C25H16Cl2FN3OS/c26-20-10-5-15(11-21(20)27)13-31-14-16(19-3-1-2-4-22(19)31)12-23-24(32)30-25(33-23)29-18-8-6-17(28)7-9-18/h1-12,14H,13H2,(H,29,30,32)/b23-12-. The number of nitrogens with one attached hydrogen (secondary N) is 1. The highest BCUT2D eigenvalue weighted by atomic mass is 35.5. The molecule has 5 rings (SSSR count). The molecule has 2 heterocycles. The molecule has 0 radical (unpaired) electrons. The van der Waals surface area contributed by atoms with Crippen LogP contribution in [0, 0.1) is 5.82 Å². The fourth-order valence-corrected chi connectivity index (χ4v) is 4.76. The second-order valence-electron chi connectivity index (χ2n) is 7.44. The molecule has 4 nitrogen and oxygen atoms in total.